The highest BCUT2D eigenvalue weighted by Crippen LogP contribution is 1.92. The SMILES string of the molecule is CN(N)OC(=O)ON(C)N(C)C. The molecule has 0 heterocycles. The minimum absolute atomic E-state index is 0.756. The number of hydrogen-bond donors (Lipinski definition) is 1. The van der Waals surface area contributed by atoms with Crippen molar-refractivity contribution < 1.29 is 14.5 Å². The van der Waals surface area contributed by atoms with Crippen LogP contribution in [0.5, 0.6) is 0 Å². The van der Waals surface area contributed by atoms with E-state index >= 15 is 0 Å². The standard InChI is InChI=1S/C5H14N4O3/c1-7(2)9(4)12-5(10)11-8(3)6/h6H2,1-4H3. The fraction of sp³-hybridized carbons (Fsp3) is 0.800. The summed E-state index contributed by atoms with van der Waals surface area (Å²) in [6.45, 7) is 0. The summed E-state index contributed by atoms with van der Waals surface area (Å²) in [7, 11) is 6.34. The van der Waals surface area contributed by atoms with Crippen LogP contribution in [0.1, 0.15) is 0 Å². The number of nitrogens with two attached hydrogens (primary N) is 1. The summed E-state index contributed by atoms with van der Waals surface area (Å²) >= 11 is 0. The van der Waals surface area contributed by atoms with Gasteiger partial charge in [-0.15, -0.1) is 0 Å². The molecule has 0 aromatic heterocycles. The van der Waals surface area contributed by atoms with Crippen LogP contribution >= 0.6 is 0 Å². The van der Waals surface area contributed by atoms with Crippen LogP contribution < -0.4 is 5.84 Å². The third-order valence-corrected chi connectivity index (χ3v) is 0.988. The first kappa shape index (κ1) is 11.1. The Hall–Kier alpha value is -0.890. The molecule has 12 heavy (non-hydrogen) atoms. The molecular weight excluding hydrogens is 164 g/mol. The van der Waals surface area contributed by atoms with E-state index in [0.29, 0.717) is 0 Å². The molecule has 7 nitrogen and oxygen atoms in total. The van der Waals surface area contributed by atoms with Gasteiger partial charge in [-0.1, -0.05) is 10.3 Å². The van der Waals surface area contributed by atoms with Crippen molar-refractivity contribution in [2.24, 2.45) is 5.84 Å². The van der Waals surface area contributed by atoms with Gasteiger partial charge in [0.15, 0.2) is 0 Å². The van der Waals surface area contributed by atoms with E-state index in [1.807, 2.05) is 0 Å². The summed E-state index contributed by atoms with van der Waals surface area (Å²) in [6.07, 6.45) is -0.892. The highest BCUT2D eigenvalue weighted by Gasteiger charge is 2.11. The van der Waals surface area contributed by atoms with Gasteiger partial charge < -0.3 is 9.68 Å². The zero-order valence-electron chi connectivity index (χ0n) is 7.64. The van der Waals surface area contributed by atoms with Gasteiger partial charge in [0.25, 0.3) is 0 Å². The monoisotopic (exact) mass is 178 g/mol. The van der Waals surface area contributed by atoms with Crippen LogP contribution in [0.25, 0.3) is 0 Å². The fourth-order valence-corrected chi connectivity index (χ4v) is 0.324. The molecule has 0 fully saturated rings. The predicted molar refractivity (Wildman–Crippen MR) is 41.0 cm³/mol. The minimum atomic E-state index is -0.892. The maximum atomic E-state index is 10.7. The first-order chi connectivity index (χ1) is 5.43. The van der Waals surface area contributed by atoms with Crippen LogP contribution in [0.15, 0.2) is 0 Å². The lowest BCUT2D eigenvalue weighted by Crippen LogP contribution is -2.38. The van der Waals surface area contributed by atoms with Crippen LogP contribution in [0.4, 0.5) is 4.79 Å². The van der Waals surface area contributed by atoms with E-state index in [4.69, 9.17) is 5.84 Å². The third kappa shape index (κ3) is 4.85. The minimum Gasteiger partial charge on any atom is -0.319 e. The molecule has 0 aliphatic carbocycles. The predicted octanol–water partition coefficient (Wildman–Crippen LogP) is -0.816. The molecule has 0 amide bonds. The van der Waals surface area contributed by atoms with Crippen molar-refractivity contribution >= 4 is 6.16 Å². The lowest BCUT2D eigenvalue weighted by atomic mass is 11.1. The number of hydroxylamine groups is 2. The summed E-state index contributed by atoms with van der Waals surface area (Å²) in [5.74, 6) is 5.02. The number of nitrogens with zero attached hydrogens (tertiary/aromatic N) is 3. The molecule has 0 aliphatic heterocycles. The molecule has 72 valence electrons. The van der Waals surface area contributed by atoms with Crippen LogP contribution in [0.3, 0.4) is 0 Å². The van der Waals surface area contributed by atoms with Gasteiger partial charge in [0, 0.05) is 28.2 Å². The van der Waals surface area contributed by atoms with E-state index in [1.54, 1.807) is 26.2 Å². The van der Waals surface area contributed by atoms with Gasteiger partial charge in [0.1, 0.15) is 0 Å². The van der Waals surface area contributed by atoms with Crippen molar-refractivity contribution in [2.75, 3.05) is 28.2 Å². The Labute approximate surface area is 71.1 Å². The smallest absolute Gasteiger partial charge is 0.319 e. The Morgan fingerprint density at radius 1 is 1.17 bits per heavy atom. The molecule has 0 aromatic rings. The van der Waals surface area contributed by atoms with Gasteiger partial charge in [-0.05, 0) is 0 Å². The Kier molecular flexibility index (Phi) is 4.52. The van der Waals surface area contributed by atoms with Crippen LogP contribution in [-0.4, -0.2) is 49.7 Å². The van der Waals surface area contributed by atoms with Crippen molar-refractivity contribution in [1.82, 2.24) is 15.4 Å². The van der Waals surface area contributed by atoms with Gasteiger partial charge in [-0.3, -0.25) is 0 Å². The zero-order chi connectivity index (χ0) is 9.72. The highest BCUT2D eigenvalue weighted by atomic mass is 16.9. The molecule has 0 atom stereocenters. The summed E-state index contributed by atoms with van der Waals surface area (Å²) < 4.78 is 0. The molecule has 0 unspecified atom stereocenters. The zero-order valence-corrected chi connectivity index (χ0v) is 7.64. The quantitative estimate of drug-likeness (QED) is 0.447. The second-order valence-corrected chi connectivity index (χ2v) is 2.29. The van der Waals surface area contributed by atoms with E-state index in [2.05, 4.69) is 9.68 Å². The number of hydrogen-bond acceptors (Lipinski definition) is 7. The molecule has 0 saturated carbocycles. The van der Waals surface area contributed by atoms with Crippen LogP contribution in [0.2, 0.25) is 0 Å². The van der Waals surface area contributed by atoms with Gasteiger partial charge in [-0.25, -0.2) is 10.9 Å². The van der Waals surface area contributed by atoms with Crippen molar-refractivity contribution in [1.29, 1.82) is 0 Å². The Morgan fingerprint density at radius 2 is 1.67 bits per heavy atom. The highest BCUT2D eigenvalue weighted by molar-refractivity contribution is 5.58. The average Bonchev–Trinajstić information content (AvgIpc) is 1.84. The number of carbonyl (C=O) groups is 1. The maximum absolute atomic E-state index is 10.7. The van der Waals surface area contributed by atoms with Gasteiger partial charge in [-0.2, -0.15) is 4.79 Å². The molecule has 7 heteroatoms. The van der Waals surface area contributed by atoms with E-state index in [9.17, 15) is 4.79 Å². The van der Waals surface area contributed by atoms with Crippen molar-refractivity contribution in [3.63, 3.8) is 0 Å². The Balaban J connectivity index is 3.69. The van der Waals surface area contributed by atoms with Gasteiger partial charge >= 0.3 is 6.16 Å². The largest absolute Gasteiger partial charge is 0.550 e. The third-order valence-electron chi connectivity index (χ3n) is 0.988. The molecular formula is C5H14N4O3. The van der Waals surface area contributed by atoms with Crippen LogP contribution in [0, 0.1) is 0 Å². The average molecular weight is 178 g/mol. The fourth-order valence-electron chi connectivity index (χ4n) is 0.324. The molecule has 0 saturated heterocycles. The maximum Gasteiger partial charge on any atom is 0.550 e. The van der Waals surface area contributed by atoms with Crippen molar-refractivity contribution in [3.8, 4) is 0 Å². The topological polar surface area (TPSA) is 71.3 Å². The van der Waals surface area contributed by atoms with Crippen molar-refractivity contribution in [3.05, 3.63) is 0 Å². The Morgan fingerprint density at radius 3 is 2.00 bits per heavy atom. The second-order valence-electron chi connectivity index (χ2n) is 2.29. The first-order valence-corrected chi connectivity index (χ1v) is 3.22. The summed E-state index contributed by atoms with van der Waals surface area (Å²) in [6, 6.07) is 0. The normalized spacial score (nSPS) is 11.0. The Bertz CT molecular complexity index is 150. The second kappa shape index (κ2) is 4.88. The molecule has 0 rings (SSSR count). The number of hydrazine groups is 2. The lowest BCUT2D eigenvalue weighted by molar-refractivity contribution is -0.240. The molecule has 0 bridgehead atoms. The van der Waals surface area contributed by atoms with Crippen LogP contribution in [-0.2, 0) is 9.68 Å². The van der Waals surface area contributed by atoms with Gasteiger partial charge in [0.2, 0.25) is 0 Å². The summed E-state index contributed by atoms with van der Waals surface area (Å²) in [5, 5.41) is 3.51. The lowest BCUT2D eigenvalue weighted by Gasteiger charge is -2.21. The number of rotatable bonds is 3. The summed E-state index contributed by atoms with van der Waals surface area (Å²) in [4.78, 5) is 19.7. The first-order valence-electron chi connectivity index (χ1n) is 3.22. The molecule has 0 spiro atoms. The van der Waals surface area contributed by atoms with E-state index in [-0.39, 0.29) is 0 Å². The van der Waals surface area contributed by atoms with E-state index < -0.39 is 6.16 Å². The number of carbonyl (C=O) groups excluding carboxylic acids is 1. The molecule has 0 radical (unpaired) electrons. The van der Waals surface area contributed by atoms with E-state index in [0.717, 1.165) is 5.17 Å². The van der Waals surface area contributed by atoms with Crippen molar-refractivity contribution in [2.45, 2.75) is 0 Å². The summed E-state index contributed by atoms with van der Waals surface area (Å²) in [5.41, 5.74) is 0. The molecule has 0 aromatic carbocycles. The molecule has 0 aliphatic rings. The molecule has 2 N–H and O–H groups in total. The van der Waals surface area contributed by atoms with E-state index in [1.165, 1.54) is 12.2 Å². The van der Waals surface area contributed by atoms with Gasteiger partial charge in [0.05, 0.1) is 0 Å².